The number of carbonyl (C=O) groups excluding carboxylic acids is 1. The molecule has 0 aromatic rings. The Morgan fingerprint density at radius 3 is 2.44 bits per heavy atom. The maximum Gasteiger partial charge on any atom is 0.317 e. The first-order valence-electron chi connectivity index (χ1n) is 6.59. The Labute approximate surface area is 105 Å². The number of carbonyl (C=O) groups is 1. The van der Waals surface area contributed by atoms with E-state index >= 15 is 0 Å². The van der Waals surface area contributed by atoms with Crippen LogP contribution in [-0.2, 0) is 0 Å². The topological polar surface area (TPSA) is 58.4 Å². The number of hydrogen-bond donors (Lipinski definition) is 2. The highest BCUT2D eigenvalue weighted by atomic mass is 19.3. The van der Waals surface area contributed by atoms with Crippen molar-refractivity contribution in [1.29, 1.82) is 0 Å². The molecular weight excluding hydrogens is 240 g/mol. The van der Waals surface area contributed by atoms with Crippen molar-refractivity contribution in [1.82, 2.24) is 10.2 Å². The summed E-state index contributed by atoms with van der Waals surface area (Å²) in [7, 11) is 0. The predicted octanol–water partition coefficient (Wildman–Crippen LogP) is 1.31. The molecule has 0 aromatic carbocycles. The molecule has 18 heavy (non-hydrogen) atoms. The van der Waals surface area contributed by atoms with Gasteiger partial charge in [0.25, 0.3) is 5.92 Å². The van der Waals surface area contributed by atoms with Gasteiger partial charge in [0, 0.05) is 43.4 Å². The van der Waals surface area contributed by atoms with Gasteiger partial charge >= 0.3 is 6.03 Å². The van der Waals surface area contributed by atoms with Crippen molar-refractivity contribution in [3.63, 3.8) is 0 Å². The second-order valence-corrected chi connectivity index (χ2v) is 6.11. The van der Waals surface area contributed by atoms with Crippen LogP contribution in [-0.4, -0.2) is 42.0 Å². The van der Waals surface area contributed by atoms with Gasteiger partial charge in [-0.25, -0.2) is 13.6 Å². The minimum Gasteiger partial charge on any atom is -0.335 e. The summed E-state index contributed by atoms with van der Waals surface area (Å²) in [6.07, 6.45) is 2.88. The number of urea groups is 1. The zero-order valence-corrected chi connectivity index (χ0v) is 10.3. The number of nitrogens with one attached hydrogen (secondary N) is 1. The minimum absolute atomic E-state index is 0.0415. The Morgan fingerprint density at radius 2 is 2.00 bits per heavy atom. The molecule has 0 radical (unpaired) electrons. The molecule has 1 atom stereocenters. The largest absolute Gasteiger partial charge is 0.335 e. The van der Waals surface area contributed by atoms with Gasteiger partial charge in [-0.05, 0) is 12.8 Å². The Kier molecular flexibility index (Phi) is 2.56. The minimum atomic E-state index is -2.59. The second-order valence-electron chi connectivity index (χ2n) is 6.11. The van der Waals surface area contributed by atoms with E-state index in [0.717, 1.165) is 12.8 Å². The third-order valence-electron chi connectivity index (χ3n) is 4.76. The van der Waals surface area contributed by atoms with Gasteiger partial charge in [0.1, 0.15) is 0 Å². The number of rotatable bonds is 1. The smallest absolute Gasteiger partial charge is 0.317 e. The normalized spacial score (nSPS) is 33.1. The summed E-state index contributed by atoms with van der Waals surface area (Å²) in [5, 5.41) is 2.67. The first-order valence-corrected chi connectivity index (χ1v) is 6.59. The molecule has 3 fully saturated rings. The monoisotopic (exact) mass is 259 g/mol. The Hall–Kier alpha value is -0.910. The van der Waals surface area contributed by atoms with Crippen molar-refractivity contribution in [2.24, 2.45) is 11.1 Å². The van der Waals surface area contributed by atoms with E-state index in [1.54, 1.807) is 4.90 Å². The summed E-state index contributed by atoms with van der Waals surface area (Å²) in [4.78, 5) is 13.6. The van der Waals surface area contributed by atoms with Gasteiger partial charge in [0.15, 0.2) is 0 Å². The van der Waals surface area contributed by atoms with Crippen LogP contribution >= 0.6 is 0 Å². The van der Waals surface area contributed by atoms with Crippen molar-refractivity contribution in [3.8, 4) is 0 Å². The summed E-state index contributed by atoms with van der Waals surface area (Å²) >= 11 is 0. The molecule has 3 aliphatic rings. The van der Waals surface area contributed by atoms with E-state index in [0.29, 0.717) is 13.1 Å². The fourth-order valence-electron chi connectivity index (χ4n) is 3.34. The molecule has 1 aliphatic heterocycles. The van der Waals surface area contributed by atoms with Crippen LogP contribution in [0.5, 0.6) is 0 Å². The van der Waals surface area contributed by atoms with Gasteiger partial charge in [0.05, 0.1) is 0 Å². The molecule has 2 amide bonds. The van der Waals surface area contributed by atoms with Crippen LogP contribution in [0.2, 0.25) is 0 Å². The van der Waals surface area contributed by atoms with E-state index in [1.165, 1.54) is 6.42 Å². The van der Waals surface area contributed by atoms with Gasteiger partial charge in [0.2, 0.25) is 0 Å². The highest BCUT2D eigenvalue weighted by Gasteiger charge is 2.51. The zero-order chi connectivity index (χ0) is 13.0. The molecule has 1 heterocycles. The van der Waals surface area contributed by atoms with E-state index in [9.17, 15) is 13.6 Å². The number of halogens is 2. The van der Waals surface area contributed by atoms with Crippen LogP contribution in [0.15, 0.2) is 0 Å². The van der Waals surface area contributed by atoms with Gasteiger partial charge in [-0.2, -0.15) is 0 Å². The number of alkyl halides is 2. The second kappa shape index (κ2) is 3.79. The summed E-state index contributed by atoms with van der Waals surface area (Å²) in [6.45, 7) is 1.23. The third kappa shape index (κ3) is 1.86. The highest BCUT2D eigenvalue weighted by molar-refractivity contribution is 5.75. The molecule has 3 rings (SSSR count). The molecule has 0 aromatic heterocycles. The zero-order valence-electron chi connectivity index (χ0n) is 10.3. The number of hydrogen-bond acceptors (Lipinski definition) is 2. The quantitative estimate of drug-likeness (QED) is 0.746. The third-order valence-corrected chi connectivity index (χ3v) is 4.76. The first-order chi connectivity index (χ1) is 8.40. The fourth-order valence-corrected chi connectivity index (χ4v) is 3.34. The van der Waals surface area contributed by atoms with E-state index < -0.39 is 5.92 Å². The lowest BCUT2D eigenvalue weighted by molar-refractivity contribution is -0.0902. The lowest BCUT2D eigenvalue weighted by atomic mass is 9.66. The lowest BCUT2D eigenvalue weighted by Gasteiger charge is -2.41. The standard InChI is InChI=1S/C12H19F2N3O/c13-12(14)4-8(5-12)16-10(18)17-6-9(15)11(7-17)2-1-3-11/h8-9H,1-7,15H2,(H,16,18). The SMILES string of the molecule is NC1CN(C(=O)NC2CC(F)(F)C2)CC12CCC2. The molecule has 6 heteroatoms. The number of nitrogens with zero attached hydrogens (tertiary/aromatic N) is 1. The molecule has 3 N–H and O–H groups in total. The van der Waals surface area contributed by atoms with Gasteiger partial charge in [-0.15, -0.1) is 0 Å². The molecule has 1 spiro atoms. The summed E-state index contributed by atoms with van der Waals surface area (Å²) in [5.41, 5.74) is 6.19. The Balaban J connectivity index is 1.52. The fraction of sp³-hybridized carbons (Fsp3) is 0.917. The summed E-state index contributed by atoms with van der Waals surface area (Å²) < 4.78 is 25.4. The predicted molar refractivity (Wildman–Crippen MR) is 62.3 cm³/mol. The maximum absolute atomic E-state index is 12.7. The number of amides is 2. The lowest BCUT2D eigenvalue weighted by Crippen LogP contribution is -2.54. The maximum atomic E-state index is 12.7. The molecule has 1 saturated heterocycles. The molecular formula is C12H19F2N3O. The van der Waals surface area contributed by atoms with Gasteiger partial charge < -0.3 is 16.0 Å². The Morgan fingerprint density at radius 1 is 1.33 bits per heavy atom. The van der Waals surface area contributed by atoms with E-state index in [-0.39, 0.29) is 36.4 Å². The van der Waals surface area contributed by atoms with Crippen LogP contribution in [0.3, 0.4) is 0 Å². The van der Waals surface area contributed by atoms with Gasteiger partial charge in [-0.3, -0.25) is 0 Å². The van der Waals surface area contributed by atoms with Crippen LogP contribution in [0.4, 0.5) is 13.6 Å². The van der Waals surface area contributed by atoms with Crippen LogP contribution in [0.1, 0.15) is 32.1 Å². The molecule has 4 nitrogen and oxygen atoms in total. The first kappa shape index (κ1) is 12.1. The van der Waals surface area contributed by atoms with Crippen LogP contribution in [0, 0.1) is 5.41 Å². The van der Waals surface area contributed by atoms with E-state index in [1.807, 2.05) is 0 Å². The van der Waals surface area contributed by atoms with Crippen LogP contribution < -0.4 is 11.1 Å². The average molecular weight is 259 g/mol. The molecule has 0 bridgehead atoms. The Bertz CT molecular complexity index is 362. The van der Waals surface area contributed by atoms with Crippen LogP contribution in [0.25, 0.3) is 0 Å². The van der Waals surface area contributed by atoms with E-state index in [4.69, 9.17) is 5.73 Å². The van der Waals surface area contributed by atoms with Crippen molar-refractivity contribution in [2.45, 2.75) is 50.1 Å². The molecule has 1 unspecified atom stereocenters. The summed E-state index contributed by atoms with van der Waals surface area (Å²) in [6, 6.07) is -0.559. The number of nitrogens with two attached hydrogens (primary N) is 1. The van der Waals surface area contributed by atoms with Crippen molar-refractivity contribution < 1.29 is 13.6 Å². The van der Waals surface area contributed by atoms with E-state index in [2.05, 4.69) is 5.32 Å². The average Bonchev–Trinajstić information content (AvgIpc) is 2.52. The van der Waals surface area contributed by atoms with Gasteiger partial charge in [-0.1, -0.05) is 6.42 Å². The highest BCUT2D eigenvalue weighted by Crippen LogP contribution is 2.47. The molecule has 2 saturated carbocycles. The van der Waals surface area contributed by atoms with Crippen molar-refractivity contribution in [3.05, 3.63) is 0 Å². The summed E-state index contributed by atoms with van der Waals surface area (Å²) in [5.74, 6) is -2.59. The molecule has 2 aliphatic carbocycles. The van der Waals surface area contributed by atoms with Crippen molar-refractivity contribution in [2.75, 3.05) is 13.1 Å². The van der Waals surface area contributed by atoms with Crippen molar-refractivity contribution >= 4 is 6.03 Å². The number of likely N-dealkylation sites (tertiary alicyclic amines) is 1. The molecule has 102 valence electrons.